The van der Waals surface area contributed by atoms with Gasteiger partial charge in [-0.05, 0) is 37.5 Å². The molecule has 0 radical (unpaired) electrons. The Morgan fingerprint density at radius 3 is 2.64 bits per heavy atom. The van der Waals surface area contributed by atoms with Gasteiger partial charge in [-0.2, -0.15) is 0 Å². The molecule has 0 unspecified atom stereocenters. The van der Waals surface area contributed by atoms with Crippen LogP contribution >= 0.6 is 11.6 Å². The van der Waals surface area contributed by atoms with Gasteiger partial charge < -0.3 is 10.2 Å². The fourth-order valence-electron chi connectivity index (χ4n) is 2.99. The number of nitrogens with zero attached hydrogens (tertiary/aromatic N) is 1. The van der Waals surface area contributed by atoms with E-state index in [0.717, 1.165) is 24.1 Å². The molecule has 2 rings (SSSR count). The summed E-state index contributed by atoms with van der Waals surface area (Å²) in [7, 11) is 0. The van der Waals surface area contributed by atoms with E-state index in [1.165, 1.54) is 12.8 Å². The third-order valence-corrected chi connectivity index (χ3v) is 4.70. The molecule has 5 heteroatoms. The van der Waals surface area contributed by atoms with Crippen LogP contribution in [0.2, 0.25) is 5.02 Å². The number of anilines is 1. The van der Waals surface area contributed by atoms with Gasteiger partial charge in [-0.1, -0.05) is 30.5 Å². The van der Waals surface area contributed by atoms with Crippen molar-refractivity contribution in [2.75, 3.05) is 11.9 Å². The maximum atomic E-state index is 12.1. The lowest BCUT2D eigenvalue weighted by atomic mass is 10.2. The summed E-state index contributed by atoms with van der Waals surface area (Å²) >= 11 is 6.05. The molecule has 0 aliphatic heterocycles. The molecule has 0 saturated heterocycles. The number of rotatable bonds is 5. The molecule has 1 aromatic carbocycles. The second-order valence-corrected chi connectivity index (χ2v) is 6.27. The Bertz CT molecular complexity index is 554. The van der Waals surface area contributed by atoms with Gasteiger partial charge in [-0.25, -0.2) is 0 Å². The summed E-state index contributed by atoms with van der Waals surface area (Å²) < 4.78 is 0. The molecule has 1 saturated carbocycles. The minimum atomic E-state index is -0.0883. The maximum absolute atomic E-state index is 12.1. The van der Waals surface area contributed by atoms with Gasteiger partial charge in [-0.15, -0.1) is 0 Å². The van der Waals surface area contributed by atoms with Crippen molar-refractivity contribution in [3.8, 4) is 0 Å². The molecule has 2 amide bonds. The molecule has 1 fully saturated rings. The molecule has 1 aromatic rings. The van der Waals surface area contributed by atoms with Crippen LogP contribution in [0.5, 0.6) is 0 Å². The van der Waals surface area contributed by atoms with Crippen LogP contribution in [0.25, 0.3) is 0 Å². The molecular formula is C17H23ClN2O2. The van der Waals surface area contributed by atoms with Crippen molar-refractivity contribution in [2.45, 2.75) is 52.0 Å². The smallest absolute Gasteiger partial charge is 0.226 e. The predicted octanol–water partition coefficient (Wildman–Crippen LogP) is 3.77. The lowest BCUT2D eigenvalue weighted by Crippen LogP contribution is -2.39. The van der Waals surface area contributed by atoms with Gasteiger partial charge in [0.1, 0.15) is 0 Å². The normalized spacial score (nSPS) is 14.9. The summed E-state index contributed by atoms with van der Waals surface area (Å²) in [6.07, 6.45) is 4.75. The van der Waals surface area contributed by atoms with Gasteiger partial charge in [-0.3, -0.25) is 9.59 Å². The van der Waals surface area contributed by atoms with E-state index in [2.05, 4.69) is 5.32 Å². The molecule has 120 valence electrons. The highest BCUT2D eigenvalue weighted by atomic mass is 35.5. The van der Waals surface area contributed by atoms with Crippen molar-refractivity contribution < 1.29 is 9.59 Å². The molecule has 0 atom stereocenters. The molecule has 1 aliphatic carbocycles. The van der Waals surface area contributed by atoms with E-state index in [4.69, 9.17) is 11.6 Å². The first kappa shape index (κ1) is 16.8. The zero-order valence-electron chi connectivity index (χ0n) is 13.2. The molecule has 1 aliphatic rings. The van der Waals surface area contributed by atoms with Crippen LogP contribution in [0, 0.1) is 6.92 Å². The van der Waals surface area contributed by atoms with Crippen LogP contribution < -0.4 is 5.32 Å². The number of amides is 2. The van der Waals surface area contributed by atoms with E-state index in [1.807, 2.05) is 24.0 Å². The summed E-state index contributed by atoms with van der Waals surface area (Å²) in [5.41, 5.74) is 1.59. The number of halogens is 1. The van der Waals surface area contributed by atoms with Crippen molar-refractivity contribution in [1.82, 2.24) is 4.90 Å². The van der Waals surface area contributed by atoms with E-state index < -0.39 is 0 Å². The maximum Gasteiger partial charge on any atom is 0.226 e. The van der Waals surface area contributed by atoms with Crippen LogP contribution in [-0.4, -0.2) is 29.3 Å². The Morgan fingerprint density at radius 2 is 2.00 bits per heavy atom. The number of benzene rings is 1. The molecular weight excluding hydrogens is 300 g/mol. The molecule has 1 N–H and O–H groups in total. The highest BCUT2D eigenvalue weighted by Crippen LogP contribution is 2.25. The summed E-state index contributed by atoms with van der Waals surface area (Å²) in [6, 6.07) is 5.74. The topological polar surface area (TPSA) is 49.4 Å². The van der Waals surface area contributed by atoms with Crippen molar-refractivity contribution in [3.63, 3.8) is 0 Å². The molecule has 0 spiro atoms. The quantitative estimate of drug-likeness (QED) is 0.897. The van der Waals surface area contributed by atoms with Gasteiger partial charge in [0.15, 0.2) is 0 Å². The van der Waals surface area contributed by atoms with Crippen LogP contribution in [0.3, 0.4) is 0 Å². The van der Waals surface area contributed by atoms with E-state index in [-0.39, 0.29) is 11.8 Å². The average Bonchev–Trinajstić information content (AvgIpc) is 2.98. The lowest BCUT2D eigenvalue weighted by Gasteiger charge is -2.27. The van der Waals surface area contributed by atoms with E-state index >= 15 is 0 Å². The average molecular weight is 323 g/mol. The van der Waals surface area contributed by atoms with E-state index in [1.54, 1.807) is 13.0 Å². The zero-order valence-corrected chi connectivity index (χ0v) is 13.9. The third kappa shape index (κ3) is 4.23. The summed E-state index contributed by atoms with van der Waals surface area (Å²) in [4.78, 5) is 25.7. The fourth-order valence-corrected chi connectivity index (χ4v) is 3.17. The first-order valence-corrected chi connectivity index (χ1v) is 8.19. The number of nitrogens with one attached hydrogen (secondary N) is 1. The van der Waals surface area contributed by atoms with Crippen molar-refractivity contribution in [1.29, 1.82) is 0 Å². The molecule has 0 heterocycles. The highest BCUT2D eigenvalue weighted by molar-refractivity contribution is 6.31. The molecule has 22 heavy (non-hydrogen) atoms. The minimum Gasteiger partial charge on any atom is -0.339 e. The summed E-state index contributed by atoms with van der Waals surface area (Å²) in [5.74, 6) is -0.0340. The standard InChI is InChI=1S/C17H23ClN2O2/c1-12-15(18)8-5-9-16(12)19-17(22)10-11-20(13(2)21)14-6-3-4-7-14/h5,8-9,14H,3-4,6-7,10-11H2,1-2H3,(H,19,22). The molecule has 4 nitrogen and oxygen atoms in total. The molecule has 0 aromatic heterocycles. The molecule has 0 bridgehead atoms. The van der Waals surface area contributed by atoms with Gasteiger partial charge in [0.25, 0.3) is 0 Å². The first-order chi connectivity index (χ1) is 10.5. The number of hydrogen-bond donors (Lipinski definition) is 1. The number of hydrogen-bond acceptors (Lipinski definition) is 2. The number of carbonyl (C=O) groups is 2. The van der Waals surface area contributed by atoms with Gasteiger partial charge in [0.2, 0.25) is 11.8 Å². The minimum absolute atomic E-state index is 0.0543. The second-order valence-electron chi connectivity index (χ2n) is 5.86. The van der Waals surface area contributed by atoms with Crippen LogP contribution in [-0.2, 0) is 9.59 Å². The van der Waals surface area contributed by atoms with Crippen LogP contribution in [0.1, 0.15) is 44.6 Å². The Kier molecular flexibility index (Phi) is 5.83. The Balaban J connectivity index is 1.91. The second kappa shape index (κ2) is 7.63. The monoisotopic (exact) mass is 322 g/mol. The predicted molar refractivity (Wildman–Crippen MR) is 89.1 cm³/mol. The summed E-state index contributed by atoms with van der Waals surface area (Å²) in [6.45, 7) is 3.93. The third-order valence-electron chi connectivity index (χ3n) is 4.29. The Labute approximate surface area is 136 Å². The van der Waals surface area contributed by atoms with Gasteiger partial charge in [0.05, 0.1) is 0 Å². The Morgan fingerprint density at radius 1 is 1.32 bits per heavy atom. The first-order valence-electron chi connectivity index (χ1n) is 7.81. The fraction of sp³-hybridized carbons (Fsp3) is 0.529. The van der Waals surface area contributed by atoms with Gasteiger partial charge >= 0.3 is 0 Å². The lowest BCUT2D eigenvalue weighted by molar-refractivity contribution is -0.131. The Hall–Kier alpha value is -1.55. The van der Waals surface area contributed by atoms with E-state index in [9.17, 15) is 9.59 Å². The van der Waals surface area contributed by atoms with E-state index in [0.29, 0.717) is 24.0 Å². The SMILES string of the molecule is CC(=O)N(CCC(=O)Nc1cccc(Cl)c1C)C1CCCC1. The number of carbonyl (C=O) groups excluding carboxylic acids is 2. The van der Waals surface area contributed by atoms with Crippen LogP contribution in [0.4, 0.5) is 5.69 Å². The van der Waals surface area contributed by atoms with Crippen molar-refractivity contribution in [2.24, 2.45) is 0 Å². The van der Waals surface area contributed by atoms with Crippen LogP contribution in [0.15, 0.2) is 18.2 Å². The van der Waals surface area contributed by atoms with Crippen molar-refractivity contribution >= 4 is 29.1 Å². The van der Waals surface area contributed by atoms with Crippen molar-refractivity contribution in [3.05, 3.63) is 28.8 Å². The highest BCUT2D eigenvalue weighted by Gasteiger charge is 2.24. The zero-order chi connectivity index (χ0) is 16.1. The largest absolute Gasteiger partial charge is 0.339 e. The van der Waals surface area contributed by atoms with Gasteiger partial charge in [0, 0.05) is 36.6 Å². The summed E-state index contributed by atoms with van der Waals surface area (Å²) in [5, 5.41) is 3.51.